The number of carbonyl (C=O) groups is 1. The third-order valence-electron chi connectivity index (χ3n) is 4.94. The third-order valence-corrected chi connectivity index (χ3v) is 5.27. The van der Waals surface area contributed by atoms with Crippen LogP contribution in [0.3, 0.4) is 0 Å². The van der Waals surface area contributed by atoms with Crippen molar-refractivity contribution in [1.82, 2.24) is 14.8 Å². The standard InChI is InChI=1S/C21H19ClFN5O/c1-11-7-8-16(12(2)9-11)27-20(29)17-13(3)26-21-24-10-25-28(21)19(17)18-14(22)5-4-6-15(18)23/h4-10,19H,1-3H3,(H,27,29)(H,24,25,26)/t19-/m1/s1. The van der Waals surface area contributed by atoms with Crippen LogP contribution in [0.5, 0.6) is 0 Å². The lowest BCUT2D eigenvalue weighted by Crippen LogP contribution is -2.32. The molecular formula is C21H19ClFN5O. The van der Waals surface area contributed by atoms with Crippen LogP contribution in [0.2, 0.25) is 5.02 Å². The maximum atomic E-state index is 14.8. The van der Waals surface area contributed by atoms with Crippen molar-refractivity contribution in [2.24, 2.45) is 0 Å². The van der Waals surface area contributed by atoms with E-state index in [1.165, 1.54) is 23.1 Å². The minimum atomic E-state index is -0.854. The van der Waals surface area contributed by atoms with Gasteiger partial charge in [-0.2, -0.15) is 10.1 Å². The summed E-state index contributed by atoms with van der Waals surface area (Å²) >= 11 is 6.34. The van der Waals surface area contributed by atoms with Crippen LogP contribution in [-0.4, -0.2) is 20.7 Å². The van der Waals surface area contributed by atoms with Gasteiger partial charge in [0.1, 0.15) is 18.2 Å². The number of benzene rings is 2. The normalized spacial score (nSPS) is 15.7. The number of nitrogens with zero attached hydrogens (tertiary/aromatic N) is 3. The maximum absolute atomic E-state index is 14.8. The van der Waals surface area contributed by atoms with E-state index in [1.54, 1.807) is 13.0 Å². The van der Waals surface area contributed by atoms with Crippen molar-refractivity contribution in [3.05, 3.63) is 81.5 Å². The van der Waals surface area contributed by atoms with Crippen LogP contribution < -0.4 is 10.6 Å². The lowest BCUT2D eigenvalue weighted by atomic mass is 9.94. The molecule has 8 heteroatoms. The van der Waals surface area contributed by atoms with Gasteiger partial charge in [-0.05, 0) is 44.5 Å². The molecule has 1 aromatic heterocycles. The summed E-state index contributed by atoms with van der Waals surface area (Å²) in [5, 5.41) is 10.4. The molecule has 1 amide bonds. The van der Waals surface area contributed by atoms with Gasteiger partial charge in [-0.25, -0.2) is 9.07 Å². The van der Waals surface area contributed by atoms with Crippen molar-refractivity contribution in [2.45, 2.75) is 26.8 Å². The molecule has 0 spiro atoms. The molecule has 0 fully saturated rings. The first kappa shape index (κ1) is 19.1. The molecule has 1 atom stereocenters. The number of nitrogens with one attached hydrogen (secondary N) is 2. The zero-order valence-corrected chi connectivity index (χ0v) is 16.9. The van der Waals surface area contributed by atoms with Crippen molar-refractivity contribution in [1.29, 1.82) is 0 Å². The van der Waals surface area contributed by atoms with Crippen molar-refractivity contribution in [2.75, 3.05) is 10.6 Å². The second-order valence-electron chi connectivity index (χ2n) is 7.00. The molecule has 0 saturated carbocycles. The molecule has 0 aliphatic carbocycles. The van der Waals surface area contributed by atoms with E-state index in [1.807, 2.05) is 32.0 Å². The van der Waals surface area contributed by atoms with Crippen LogP contribution in [-0.2, 0) is 4.79 Å². The summed E-state index contributed by atoms with van der Waals surface area (Å²) in [6.45, 7) is 5.65. The highest BCUT2D eigenvalue weighted by molar-refractivity contribution is 6.31. The molecule has 0 bridgehead atoms. The van der Waals surface area contributed by atoms with Gasteiger partial charge in [-0.15, -0.1) is 0 Å². The highest BCUT2D eigenvalue weighted by atomic mass is 35.5. The van der Waals surface area contributed by atoms with Gasteiger partial charge < -0.3 is 10.6 Å². The van der Waals surface area contributed by atoms with E-state index >= 15 is 0 Å². The summed E-state index contributed by atoms with van der Waals surface area (Å²) in [7, 11) is 0. The van der Waals surface area contributed by atoms with Gasteiger partial charge >= 0.3 is 0 Å². The Kier molecular flexibility index (Phi) is 4.84. The number of amides is 1. The fraction of sp³-hybridized carbons (Fsp3) is 0.190. The van der Waals surface area contributed by atoms with Gasteiger partial charge in [-0.1, -0.05) is 35.4 Å². The highest BCUT2D eigenvalue weighted by Crippen LogP contribution is 2.39. The minimum Gasteiger partial charge on any atom is -0.328 e. The summed E-state index contributed by atoms with van der Waals surface area (Å²) in [5.74, 6) is -0.474. The van der Waals surface area contributed by atoms with E-state index in [4.69, 9.17) is 11.6 Å². The van der Waals surface area contributed by atoms with Gasteiger partial charge in [0.05, 0.1) is 5.57 Å². The fourth-order valence-corrected chi connectivity index (χ4v) is 3.83. The van der Waals surface area contributed by atoms with E-state index in [9.17, 15) is 9.18 Å². The average molecular weight is 412 g/mol. The number of halogens is 2. The molecule has 4 rings (SSSR count). The van der Waals surface area contributed by atoms with Crippen LogP contribution in [0.25, 0.3) is 0 Å². The van der Waals surface area contributed by atoms with Gasteiger partial charge in [0, 0.05) is 22.0 Å². The second-order valence-corrected chi connectivity index (χ2v) is 7.41. The van der Waals surface area contributed by atoms with E-state index in [-0.39, 0.29) is 16.5 Å². The molecule has 0 unspecified atom stereocenters. The Morgan fingerprint density at radius 1 is 1.24 bits per heavy atom. The molecule has 1 aliphatic heterocycles. The Morgan fingerprint density at radius 2 is 2.03 bits per heavy atom. The van der Waals surface area contributed by atoms with Crippen molar-refractivity contribution >= 4 is 29.1 Å². The first-order valence-corrected chi connectivity index (χ1v) is 9.44. The minimum absolute atomic E-state index is 0.174. The summed E-state index contributed by atoms with van der Waals surface area (Å²) < 4.78 is 16.3. The number of rotatable bonds is 3. The Hall–Kier alpha value is -3.19. The molecule has 2 heterocycles. The number of carbonyl (C=O) groups excluding carboxylic acids is 1. The molecule has 1 aliphatic rings. The number of aromatic nitrogens is 3. The number of fused-ring (bicyclic) bond motifs is 1. The monoisotopic (exact) mass is 411 g/mol. The maximum Gasteiger partial charge on any atom is 0.255 e. The average Bonchev–Trinajstić information content (AvgIpc) is 3.11. The quantitative estimate of drug-likeness (QED) is 0.660. The molecule has 2 aromatic carbocycles. The van der Waals surface area contributed by atoms with E-state index < -0.39 is 11.9 Å². The molecule has 29 heavy (non-hydrogen) atoms. The zero-order valence-electron chi connectivity index (χ0n) is 16.1. The Labute approximate surface area is 172 Å². The highest BCUT2D eigenvalue weighted by Gasteiger charge is 2.36. The molecule has 2 N–H and O–H groups in total. The molecule has 148 valence electrons. The zero-order chi connectivity index (χ0) is 20.7. The third kappa shape index (κ3) is 3.38. The Morgan fingerprint density at radius 3 is 2.76 bits per heavy atom. The summed E-state index contributed by atoms with van der Waals surface area (Å²) in [5.41, 5.74) is 3.75. The molecule has 3 aromatic rings. The number of hydrogen-bond donors (Lipinski definition) is 2. The topological polar surface area (TPSA) is 71.8 Å². The summed E-state index contributed by atoms with van der Waals surface area (Å²) in [4.78, 5) is 17.5. The number of anilines is 2. The van der Waals surface area contributed by atoms with Crippen LogP contribution in [0.1, 0.15) is 29.7 Å². The van der Waals surface area contributed by atoms with Crippen molar-refractivity contribution in [3.8, 4) is 0 Å². The van der Waals surface area contributed by atoms with Gasteiger partial charge in [0.15, 0.2) is 0 Å². The molecule has 6 nitrogen and oxygen atoms in total. The summed E-state index contributed by atoms with van der Waals surface area (Å²) in [6.07, 6.45) is 1.35. The first-order chi connectivity index (χ1) is 13.9. The van der Waals surface area contributed by atoms with Crippen LogP contribution in [0.15, 0.2) is 54.0 Å². The van der Waals surface area contributed by atoms with E-state index in [0.29, 0.717) is 22.9 Å². The van der Waals surface area contributed by atoms with Gasteiger partial charge in [0.25, 0.3) is 5.91 Å². The van der Waals surface area contributed by atoms with Gasteiger partial charge in [0.2, 0.25) is 5.95 Å². The summed E-state index contributed by atoms with van der Waals surface area (Å²) in [6, 6.07) is 9.33. The molecule has 0 radical (unpaired) electrons. The SMILES string of the molecule is CC1=C(C(=O)Nc2ccc(C)cc2C)[C@H](c2c(F)cccc2Cl)n2ncnc2N1. The predicted molar refractivity (Wildman–Crippen MR) is 110 cm³/mol. The fourth-order valence-electron chi connectivity index (χ4n) is 3.57. The van der Waals surface area contributed by atoms with Crippen LogP contribution in [0.4, 0.5) is 16.0 Å². The first-order valence-electron chi connectivity index (χ1n) is 9.06. The largest absolute Gasteiger partial charge is 0.328 e. The number of hydrogen-bond acceptors (Lipinski definition) is 4. The van der Waals surface area contributed by atoms with E-state index in [2.05, 4.69) is 20.7 Å². The number of aryl methyl sites for hydroxylation is 2. The van der Waals surface area contributed by atoms with Gasteiger partial charge in [-0.3, -0.25) is 4.79 Å². The smallest absolute Gasteiger partial charge is 0.255 e. The lowest BCUT2D eigenvalue weighted by molar-refractivity contribution is -0.113. The molecular weight excluding hydrogens is 393 g/mol. The second kappa shape index (κ2) is 7.33. The van der Waals surface area contributed by atoms with Crippen molar-refractivity contribution in [3.63, 3.8) is 0 Å². The van der Waals surface area contributed by atoms with Crippen LogP contribution >= 0.6 is 11.6 Å². The van der Waals surface area contributed by atoms with E-state index in [0.717, 1.165) is 11.1 Å². The van der Waals surface area contributed by atoms with Crippen LogP contribution in [0, 0.1) is 19.7 Å². The predicted octanol–water partition coefficient (Wildman–Crippen LogP) is 4.62. The Bertz CT molecular complexity index is 1130. The molecule has 0 saturated heterocycles. The Balaban J connectivity index is 1.82. The lowest BCUT2D eigenvalue weighted by Gasteiger charge is -2.29. The number of allylic oxidation sites excluding steroid dienone is 1. The van der Waals surface area contributed by atoms with Crippen molar-refractivity contribution < 1.29 is 9.18 Å².